The van der Waals surface area contributed by atoms with Crippen LogP contribution in [0, 0.1) is 5.92 Å². The van der Waals surface area contributed by atoms with Gasteiger partial charge in [-0.1, -0.05) is 20.3 Å². The second-order valence-corrected chi connectivity index (χ2v) is 4.40. The van der Waals surface area contributed by atoms with Gasteiger partial charge in [0.1, 0.15) is 0 Å². The van der Waals surface area contributed by atoms with Crippen LogP contribution >= 0.6 is 0 Å². The third kappa shape index (κ3) is 3.29. The number of piperazine rings is 1. The van der Waals surface area contributed by atoms with Gasteiger partial charge in [-0.3, -0.25) is 4.79 Å². The van der Waals surface area contributed by atoms with E-state index >= 15 is 0 Å². The number of rotatable bonds is 3. The molecule has 1 rings (SSSR count). The molecule has 0 aromatic carbocycles. The minimum atomic E-state index is 0.340. The Balaban J connectivity index is 2.30. The van der Waals surface area contributed by atoms with Crippen molar-refractivity contribution in [3.05, 3.63) is 0 Å². The van der Waals surface area contributed by atoms with Crippen LogP contribution in [0.2, 0.25) is 0 Å². The van der Waals surface area contributed by atoms with Crippen LogP contribution in [-0.4, -0.2) is 48.9 Å². The van der Waals surface area contributed by atoms with Gasteiger partial charge in [0, 0.05) is 32.6 Å². The number of amides is 1. The molecule has 0 N–H and O–H groups in total. The number of carbonyl (C=O) groups excluding carboxylic acids is 1. The van der Waals surface area contributed by atoms with Gasteiger partial charge in [0.15, 0.2) is 0 Å². The molecular formula is C11H22N2O. The van der Waals surface area contributed by atoms with Gasteiger partial charge >= 0.3 is 0 Å². The van der Waals surface area contributed by atoms with Crippen molar-refractivity contribution in [2.45, 2.75) is 26.7 Å². The zero-order valence-corrected chi connectivity index (χ0v) is 9.62. The molecule has 1 amide bonds. The fraction of sp³-hybridized carbons (Fsp3) is 0.909. The van der Waals surface area contributed by atoms with Gasteiger partial charge in [0.25, 0.3) is 0 Å². The second-order valence-electron chi connectivity index (χ2n) is 4.40. The second kappa shape index (κ2) is 5.35. The first-order valence-electron chi connectivity index (χ1n) is 5.59. The summed E-state index contributed by atoms with van der Waals surface area (Å²) in [5.74, 6) is 0.870. The van der Waals surface area contributed by atoms with E-state index in [1.807, 2.05) is 4.90 Å². The topological polar surface area (TPSA) is 23.6 Å². The summed E-state index contributed by atoms with van der Waals surface area (Å²) >= 11 is 0. The molecule has 0 unspecified atom stereocenters. The molecule has 1 heterocycles. The smallest absolute Gasteiger partial charge is 0.222 e. The molecule has 0 aromatic heterocycles. The first-order valence-corrected chi connectivity index (χ1v) is 5.59. The first-order chi connectivity index (χ1) is 6.63. The molecule has 1 fully saturated rings. The lowest BCUT2D eigenvalue weighted by molar-refractivity contribution is -0.133. The van der Waals surface area contributed by atoms with E-state index in [2.05, 4.69) is 25.8 Å². The molecule has 0 spiro atoms. The maximum absolute atomic E-state index is 11.8. The maximum atomic E-state index is 11.8. The summed E-state index contributed by atoms with van der Waals surface area (Å²) in [6.45, 7) is 8.14. The Kier molecular flexibility index (Phi) is 4.39. The van der Waals surface area contributed by atoms with Crippen LogP contribution < -0.4 is 0 Å². The lowest BCUT2D eigenvalue weighted by atomic mass is 10.0. The van der Waals surface area contributed by atoms with E-state index in [1.54, 1.807) is 0 Å². The highest BCUT2D eigenvalue weighted by molar-refractivity contribution is 5.76. The highest BCUT2D eigenvalue weighted by Gasteiger charge is 2.19. The number of hydrogen-bond donors (Lipinski definition) is 0. The SMILES string of the molecule is CC[C@@H](C)CC(=O)N1CCN(C)CC1. The molecule has 1 aliphatic rings. The van der Waals surface area contributed by atoms with Gasteiger partial charge in [-0.25, -0.2) is 0 Å². The van der Waals surface area contributed by atoms with Crippen LogP contribution in [0.25, 0.3) is 0 Å². The Bertz CT molecular complexity index is 186. The molecule has 0 aliphatic carbocycles. The lowest BCUT2D eigenvalue weighted by Crippen LogP contribution is -2.47. The van der Waals surface area contributed by atoms with Gasteiger partial charge in [-0.2, -0.15) is 0 Å². The summed E-state index contributed by atoms with van der Waals surface area (Å²) in [7, 11) is 2.11. The molecule has 1 atom stereocenters. The van der Waals surface area contributed by atoms with Crippen LogP contribution in [0.5, 0.6) is 0 Å². The van der Waals surface area contributed by atoms with Gasteiger partial charge < -0.3 is 9.80 Å². The average Bonchev–Trinajstić information content (AvgIpc) is 2.18. The van der Waals surface area contributed by atoms with Crippen molar-refractivity contribution in [2.24, 2.45) is 5.92 Å². The molecule has 82 valence electrons. The van der Waals surface area contributed by atoms with Gasteiger partial charge in [-0.15, -0.1) is 0 Å². The Morgan fingerprint density at radius 1 is 1.29 bits per heavy atom. The molecule has 0 aromatic rings. The van der Waals surface area contributed by atoms with E-state index in [0.717, 1.165) is 39.0 Å². The van der Waals surface area contributed by atoms with E-state index in [-0.39, 0.29) is 0 Å². The first kappa shape index (κ1) is 11.5. The van der Waals surface area contributed by atoms with E-state index < -0.39 is 0 Å². The lowest BCUT2D eigenvalue weighted by Gasteiger charge is -2.33. The standard InChI is InChI=1S/C11H22N2O/c1-4-10(2)9-11(14)13-7-5-12(3)6-8-13/h10H,4-9H2,1-3H3/t10-/m1/s1. The molecule has 0 bridgehead atoms. The van der Waals surface area contributed by atoms with Gasteiger partial charge in [-0.05, 0) is 13.0 Å². The normalized spacial score (nSPS) is 20.9. The van der Waals surface area contributed by atoms with Crippen molar-refractivity contribution < 1.29 is 4.79 Å². The number of nitrogens with zero attached hydrogens (tertiary/aromatic N) is 2. The fourth-order valence-electron chi connectivity index (χ4n) is 1.63. The molecule has 1 saturated heterocycles. The zero-order chi connectivity index (χ0) is 10.6. The van der Waals surface area contributed by atoms with Crippen LogP contribution in [-0.2, 0) is 4.79 Å². The van der Waals surface area contributed by atoms with Crippen molar-refractivity contribution in [1.29, 1.82) is 0 Å². The van der Waals surface area contributed by atoms with E-state index in [0.29, 0.717) is 11.8 Å². The van der Waals surface area contributed by atoms with Crippen molar-refractivity contribution in [1.82, 2.24) is 9.80 Å². The average molecular weight is 198 g/mol. The maximum Gasteiger partial charge on any atom is 0.222 e. The molecule has 3 nitrogen and oxygen atoms in total. The summed E-state index contributed by atoms with van der Waals surface area (Å²) < 4.78 is 0. The van der Waals surface area contributed by atoms with Crippen molar-refractivity contribution in [3.63, 3.8) is 0 Å². The van der Waals surface area contributed by atoms with Crippen molar-refractivity contribution in [3.8, 4) is 0 Å². The Morgan fingerprint density at radius 3 is 2.36 bits per heavy atom. The number of likely N-dealkylation sites (N-methyl/N-ethyl adjacent to an activating group) is 1. The fourth-order valence-corrected chi connectivity index (χ4v) is 1.63. The van der Waals surface area contributed by atoms with Gasteiger partial charge in [0.2, 0.25) is 5.91 Å². The summed E-state index contributed by atoms with van der Waals surface area (Å²) in [6, 6.07) is 0. The highest BCUT2D eigenvalue weighted by Crippen LogP contribution is 2.10. The quantitative estimate of drug-likeness (QED) is 0.680. The minimum Gasteiger partial charge on any atom is -0.340 e. The number of hydrogen-bond acceptors (Lipinski definition) is 2. The third-order valence-corrected chi connectivity index (χ3v) is 3.08. The molecule has 0 saturated carbocycles. The Labute approximate surface area is 87.1 Å². The Morgan fingerprint density at radius 2 is 1.86 bits per heavy atom. The molecule has 1 aliphatic heterocycles. The van der Waals surface area contributed by atoms with E-state index in [9.17, 15) is 4.79 Å². The predicted octanol–water partition coefficient (Wildman–Crippen LogP) is 1.20. The van der Waals surface area contributed by atoms with E-state index in [4.69, 9.17) is 0 Å². The van der Waals surface area contributed by atoms with Crippen molar-refractivity contribution >= 4 is 5.91 Å². The molecule has 14 heavy (non-hydrogen) atoms. The molecule has 0 radical (unpaired) electrons. The van der Waals surface area contributed by atoms with Crippen molar-refractivity contribution in [2.75, 3.05) is 33.2 Å². The summed E-state index contributed by atoms with van der Waals surface area (Å²) in [5.41, 5.74) is 0. The monoisotopic (exact) mass is 198 g/mol. The third-order valence-electron chi connectivity index (χ3n) is 3.08. The number of carbonyl (C=O) groups is 1. The van der Waals surface area contributed by atoms with Crippen LogP contribution in [0.15, 0.2) is 0 Å². The summed E-state index contributed by atoms with van der Waals surface area (Å²) in [5, 5.41) is 0. The Hall–Kier alpha value is -0.570. The van der Waals surface area contributed by atoms with Gasteiger partial charge in [0.05, 0.1) is 0 Å². The van der Waals surface area contributed by atoms with Crippen LogP contribution in [0.4, 0.5) is 0 Å². The zero-order valence-electron chi connectivity index (χ0n) is 9.62. The van der Waals surface area contributed by atoms with Crippen LogP contribution in [0.1, 0.15) is 26.7 Å². The predicted molar refractivity (Wildman–Crippen MR) is 58.1 cm³/mol. The largest absolute Gasteiger partial charge is 0.340 e. The summed E-state index contributed by atoms with van der Waals surface area (Å²) in [6.07, 6.45) is 1.82. The summed E-state index contributed by atoms with van der Waals surface area (Å²) in [4.78, 5) is 16.1. The highest BCUT2D eigenvalue weighted by atomic mass is 16.2. The van der Waals surface area contributed by atoms with E-state index in [1.165, 1.54) is 0 Å². The minimum absolute atomic E-state index is 0.340. The van der Waals surface area contributed by atoms with Crippen LogP contribution in [0.3, 0.4) is 0 Å². The molecular weight excluding hydrogens is 176 g/mol. The molecule has 3 heteroatoms.